The topological polar surface area (TPSA) is 64.2 Å². The summed E-state index contributed by atoms with van der Waals surface area (Å²) in [5.41, 5.74) is 6.17. The first-order valence-corrected chi connectivity index (χ1v) is 11.9. The molecule has 8 heteroatoms. The van der Waals surface area contributed by atoms with Gasteiger partial charge in [0.2, 0.25) is 0 Å². The fourth-order valence-electron chi connectivity index (χ4n) is 5.52. The van der Waals surface area contributed by atoms with E-state index in [1.807, 2.05) is 47.8 Å². The third-order valence-electron chi connectivity index (χ3n) is 6.79. The minimum atomic E-state index is -0.0539. The Morgan fingerprint density at radius 1 is 1.12 bits per heavy atom. The van der Waals surface area contributed by atoms with Gasteiger partial charge in [0, 0.05) is 46.7 Å². The summed E-state index contributed by atoms with van der Waals surface area (Å²) >= 11 is 12.6. The van der Waals surface area contributed by atoms with Crippen molar-refractivity contribution in [3.8, 4) is 11.3 Å². The van der Waals surface area contributed by atoms with Crippen LogP contribution in [0, 0.1) is 6.92 Å². The van der Waals surface area contributed by atoms with Crippen LogP contribution < -0.4 is 0 Å². The lowest BCUT2D eigenvalue weighted by molar-refractivity contribution is 0.0392. The minimum Gasteiger partial charge on any atom is -0.441 e. The van der Waals surface area contributed by atoms with E-state index in [0.29, 0.717) is 27.1 Å². The molecule has 2 unspecified atom stereocenters. The van der Waals surface area contributed by atoms with Crippen molar-refractivity contribution >= 4 is 40.2 Å². The maximum absolute atomic E-state index is 13.7. The molecule has 0 N–H and O–H groups in total. The van der Waals surface area contributed by atoms with Crippen LogP contribution in [-0.2, 0) is 13.5 Å². The molecule has 1 saturated heterocycles. The highest BCUT2D eigenvalue weighted by atomic mass is 35.5. The zero-order valence-corrected chi connectivity index (χ0v) is 19.8. The lowest BCUT2D eigenvalue weighted by atomic mass is 9.81. The summed E-state index contributed by atoms with van der Waals surface area (Å²) in [6.07, 6.45) is 3.70. The van der Waals surface area contributed by atoms with Gasteiger partial charge in [0.05, 0.1) is 17.4 Å². The van der Waals surface area contributed by atoms with Crippen LogP contribution in [0.2, 0.25) is 10.0 Å². The molecule has 6 nitrogen and oxygen atoms in total. The summed E-state index contributed by atoms with van der Waals surface area (Å²) in [5.74, 6) is 0.612. The smallest absolute Gasteiger partial charge is 0.254 e. The van der Waals surface area contributed by atoms with E-state index < -0.39 is 0 Å². The number of carbonyl (C=O) groups excluding carboxylic acids is 1. The van der Waals surface area contributed by atoms with Crippen molar-refractivity contribution in [3.63, 3.8) is 0 Å². The normalized spacial score (nSPS) is 19.7. The van der Waals surface area contributed by atoms with E-state index in [2.05, 4.69) is 4.98 Å². The third-order valence-corrected chi connectivity index (χ3v) is 7.23. The van der Waals surface area contributed by atoms with Crippen molar-refractivity contribution in [1.82, 2.24) is 19.7 Å². The molecule has 4 heterocycles. The van der Waals surface area contributed by atoms with Crippen LogP contribution in [0.1, 0.15) is 52.8 Å². The summed E-state index contributed by atoms with van der Waals surface area (Å²) in [6.45, 7) is 1.81. The molecule has 4 aromatic rings. The van der Waals surface area contributed by atoms with E-state index in [0.717, 1.165) is 48.2 Å². The number of fused-ring (bicyclic) bond motifs is 5. The molecule has 2 bridgehead atoms. The van der Waals surface area contributed by atoms with Crippen LogP contribution in [0.4, 0.5) is 0 Å². The molecule has 2 aliphatic rings. The number of oxazole rings is 1. The lowest BCUT2D eigenvalue weighted by Crippen LogP contribution is -2.49. The van der Waals surface area contributed by atoms with Crippen LogP contribution >= 0.6 is 23.2 Å². The number of benzene rings is 2. The largest absolute Gasteiger partial charge is 0.441 e. The van der Waals surface area contributed by atoms with Crippen molar-refractivity contribution in [3.05, 3.63) is 69.2 Å². The van der Waals surface area contributed by atoms with Gasteiger partial charge in [0.25, 0.3) is 5.91 Å². The van der Waals surface area contributed by atoms with Crippen LogP contribution in [0.3, 0.4) is 0 Å². The van der Waals surface area contributed by atoms with Gasteiger partial charge < -0.3 is 9.32 Å². The standard InChI is InChI=1S/C25H22Cl2N4O2/c1-13-28-20-7-6-14(10-22(20)33-13)25(32)31-18-4-3-5-21(31)23-19(12-18)24(30(2)29-23)15-8-16(26)11-17(27)9-15/h6-11,18,21H,3-5,12H2,1-2H3. The highest BCUT2D eigenvalue weighted by molar-refractivity contribution is 6.35. The number of piperidine rings is 1. The number of nitrogens with zero attached hydrogens (tertiary/aromatic N) is 4. The van der Waals surface area contributed by atoms with E-state index in [-0.39, 0.29) is 18.0 Å². The summed E-state index contributed by atoms with van der Waals surface area (Å²) in [6, 6.07) is 11.1. The Kier molecular flexibility index (Phi) is 4.78. The monoisotopic (exact) mass is 480 g/mol. The van der Waals surface area contributed by atoms with Gasteiger partial charge in [-0.3, -0.25) is 9.48 Å². The molecule has 1 fully saturated rings. The molecular weight excluding hydrogens is 459 g/mol. The molecule has 2 atom stereocenters. The fourth-order valence-corrected chi connectivity index (χ4v) is 6.05. The first kappa shape index (κ1) is 20.8. The van der Waals surface area contributed by atoms with E-state index in [4.69, 9.17) is 32.7 Å². The second kappa shape index (κ2) is 7.61. The van der Waals surface area contributed by atoms with E-state index in [1.165, 1.54) is 5.56 Å². The first-order valence-electron chi connectivity index (χ1n) is 11.1. The highest BCUT2D eigenvalue weighted by Gasteiger charge is 2.43. The third kappa shape index (κ3) is 3.35. The zero-order chi connectivity index (χ0) is 22.9. The number of aromatic nitrogens is 3. The number of rotatable bonds is 2. The average Bonchev–Trinajstić information content (AvgIpc) is 3.29. The molecule has 0 saturated carbocycles. The summed E-state index contributed by atoms with van der Waals surface area (Å²) in [5, 5.41) is 6.09. The maximum atomic E-state index is 13.7. The highest BCUT2D eigenvalue weighted by Crippen LogP contribution is 2.45. The molecule has 2 aromatic heterocycles. The molecular formula is C25H22Cl2N4O2. The average molecular weight is 481 g/mol. The molecule has 6 rings (SSSR count). The van der Waals surface area contributed by atoms with Gasteiger partial charge >= 0.3 is 0 Å². The quantitative estimate of drug-likeness (QED) is 0.345. The van der Waals surface area contributed by atoms with Crippen LogP contribution in [0.5, 0.6) is 0 Å². The van der Waals surface area contributed by atoms with Gasteiger partial charge in [-0.05, 0) is 62.1 Å². The first-order chi connectivity index (χ1) is 15.9. The predicted octanol–water partition coefficient (Wildman–Crippen LogP) is 6.14. The molecule has 0 spiro atoms. The van der Waals surface area contributed by atoms with Crippen molar-refractivity contribution in [2.45, 2.75) is 44.7 Å². The molecule has 2 aromatic carbocycles. The van der Waals surface area contributed by atoms with Gasteiger partial charge in [-0.15, -0.1) is 0 Å². The van der Waals surface area contributed by atoms with Gasteiger partial charge in [-0.2, -0.15) is 5.10 Å². The van der Waals surface area contributed by atoms with E-state index >= 15 is 0 Å². The number of carbonyl (C=O) groups is 1. The Bertz CT molecular complexity index is 1400. The van der Waals surface area contributed by atoms with Crippen LogP contribution in [-0.4, -0.2) is 31.6 Å². The number of hydrogen-bond acceptors (Lipinski definition) is 4. The fraction of sp³-hybridized carbons (Fsp3) is 0.320. The number of amides is 1. The van der Waals surface area contributed by atoms with Crippen molar-refractivity contribution in [2.24, 2.45) is 7.05 Å². The Hall–Kier alpha value is -2.83. The minimum absolute atomic E-state index is 0.0179. The number of halogens is 2. The summed E-state index contributed by atoms with van der Waals surface area (Å²) in [4.78, 5) is 20.1. The Morgan fingerprint density at radius 2 is 1.91 bits per heavy atom. The van der Waals surface area contributed by atoms with Crippen molar-refractivity contribution in [2.75, 3.05) is 0 Å². The maximum Gasteiger partial charge on any atom is 0.254 e. The number of aryl methyl sites for hydroxylation is 2. The molecule has 33 heavy (non-hydrogen) atoms. The predicted molar refractivity (Wildman–Crippen MR) is 128 cm³/mol. The molecule has 168 valence electrons. The lowest BCUT2D eigenvalue weighted by Gasteiger charge is -2.45. The van der Waals surface area contributed by atoms with Crippen molar-refractivity contribution < 1.29 is 9.21 Å². The van der Waals surface area contributed by atoms with Gasteiger partial charge in [0.15, 0.2) is 11.5 Å². The van der Waals surface area contributed by atoms with Gasteiger partial charge in [-0.25, -0.2) is 4.98 Å². The van der Waals surface area contributed by atoms with Gasteiger partial charge in [0.1, 0.15) is 5.52 Å². The van der Waals surface area contributed by atoms with E-state index in [1.54, 1.807) is 12.1 Å². The summed E-state index contributed by atoms with van der Waals surface area (Å²) < 4.78 is 7.57. The molecule has 1 amide bonds. The Morgan fingerprint density at radius 3 is 2.70 bits per heavy atom. The van der Waals surface area contributed by atoms with Crippen LogP contribution in [0.15, 0.2) is 40.8 Å². The van der Waals surface area contributed by atoms with Crippen molar-refractivity contribution in [1.29, 1.82) is 0 Å². The molecule has 2 aliphatic heterocycles. The van der Waals surface area contributed by atoms with E-state index in [9.17, 15) is 4.79 Å². The number of hydrogen-bond donors (Lipinski definition) is 0. The summed E-state index contributed by atoms with van der Waals surface area (Å²) in [7, 11) is 1.94. The molecule has 0 radical (unpaired) electrons. The SMILES string of the molecule is Cc1nc2ccc(C(=O)N3C4CCCC3c3nn(C)c(-c5cc(Cl)cc(Cl)c5)c3C4)cc2o1. The molecule has 0 aliphatic carbocycles. The van der Waals surface area contributed by atoms with Crippen LogP contribution in [0.25, 0.3) is 22.4 Å². The zero-order valence-electron chi connectivity index (χ0n) is 18.3. The second-order valence-electron chi connectivity index (χ2n) is 8.93. The Balaban J connectivity index is 1.42. The Labute approximate surface area is 201 Å². The second-order valence-corrected chi connectivity index (χ2v) is 9.80. The van der Waals surface area contributed by atoms with Gasteiger partial charge in [-0.1, -0.05) is 23.2 Å².